The molecule has 1 atom stereocenters. The highest BCUT2D eigenvalue weighted by atomic mass is 16.5. The van der Waals surface area contributed by atoms with Gasteiger partial charge in [0.2, 0.25) is 17.7 Å². The van der Waals surface area contributed by atoms with Crippen LogP contribution >= 0.6 is 0 Å². The van der Waals surface area contributed by atoms with E-state index in [4.69, 9.17) is 4.74 Å². The van der Waals surface area contributed by atoms with Crippen LogP contribution in [0.3, 0.4) is 0 Å². The first-order valence-electron chi connectivity index (χ1n) is 11.7. The summed E-state index contributed by atoms with van der Waals surface area (Å²) in [6.45, 7) is 2.08. The van der Waals surface area contributed by atoms with Crippen molar-refractivity contribution in [2.24, 2.45) is 0 Å². The monoisotopic (exact) mass is 469 g/mol. The normalized spacial score (nSPS) is 17.6. The second-order valence-corrected chi connectivity index (χ2v) is 8.52. The number of benzene rings is 1. The Hall–Kier alpha value is -3.49. The van der Waals surface area contributed by atoms with Crippen molar-refractivity contribution in [3.63, 3.8) is 0 Å². The van der Waals surface area contributed by atoms with Gasteiger partial charge in [-0.1, -0.05) is 31.4 Å². The molecule has 1 unspecified atom stereocenters. The van der Waals surface area contributed by atoms with Gasteiger partial charge in [0, 0.05) is 36.7 Å². The van der Waals surface area contributed by atoms with Crippen molar-refractivity contribution in [2.45, 2.75) is 70.9 Å². The summed E-state index contributed by atoms with van der Waals surface area (Å²) in [5.41, 5.74) is 1.68. The highest BCUT2D eigenvalue weighted by Gasteiger charge is 2.39. The molecule has 0 radical (unpaired) electrons. The first-order chi connectivity index (χ1) is 16.4. The summed E-state index contributed by atoms with van der Waals surface area (Å²) in [5.74, 6) is -1.59. The lowest BCUT2D eigenvalue weighted by atomic mass is 10.0. The molecule has 2 heterocycles. The first kappa shape index (κ1) is 25.1. The molecular formula is C25H31N3O6. The van der Waals surface area contributed by atoms with Crippen molar-refractivity contribution < 1.29 is 28.7 Å². The van der Waals surface area contributed by atoms with Crippen LogP contribution in [0.1, 0.15) is 74.2 Å². The third kappa shape index (κ3) is 6.76. The topological polar surface area (TPSA) is 122 Å². The Morgan fingerprint density at radius 1 is 1.15 bits per heavy atom. The summed E-state index contributed by atoms with van der Waals surface area (Å²) in [6, 6.07) is 4.43. The predicted octanol–water partition coefficient (Wildman–Crippen LogP) is 2.85. The van der Waals surface area contributed by atoms with Gasteiger partial charge < -0.3 is 15.0 Å². The number of hydrogen-bond acceptors (Lipinski definition) is 6. The molecule has 2 aliphatic heterocycles. The highest BCUT2D eigenvalue weighted by Crippen LogP contribution is 2.32. The Labute approximate surface area is 198 Å². The van der Waals surface area contributed by atoms with E-state index >= 15 is 0 Å². The largest absolute Gasteiger partial charge is 0.466 e. The van der Waals surface area contributed by atoms with Crippen LogP contribution in [0.25, 0.3) is 0 Å². The number of ether oxygens (including phenoxy) is 1. The number of nitrogens with one attached hydrogen (secondary N) is 2. The van der Waals surface area contributed by atoms with E-state index < -0.39 is 11.9 Å². The fourth-order valence-electron chi connectivity index (χ4n) is 4.18. The van der Waals surface area contributed by atoms with Gasteiger partial charge in [-0.15, -0.1) is 0 Å². The fraction of sp³-hybridized carbons (Fsp3) is 0.480. The molecule has 1 fully saturated rings. The maximum Gasteiger partial charge on any atom is 0.302 e. The molecule has 2 N–H and O–H groups in total. The lowest BCUT2D eigenvalue weighted by Crippen LogP contribution is -2.52. The maximum absolute atomic E-state index is 12.9. The molecule has 182 valence electrons. The summed E-state index contributed by atoms with van der Waals surface area (Å²) in [6.07, 6.45) is 9.52. The van der Waals surface area contributed by atoms with Crippen LogP contribution in [-0.4, -0.2) is 47.1 Å². The Bertz CT molecular complexity index is 987. The molecule has 0 aromatic heterocycles. The third-order valence-electron chi connectivity index (χ3n) is 5.93. The zero-order valence-corrected chi connectivity index (χ0v) is 19.4. The second-order valence-electron chi connectivity index (χ2n) is 8.52. The predicted molar refractivity (Wildman–Crippen MR) is 125 cm³/mol. The van der Waals surface area contributed by atoms with Gasteiger partial charge in [0.05, 0.1) is 6.61 Å². The number of fused-ring (bicyclic) bond motifs is 1. The van der Waals surface area contributed by atoms with E-state index in [0.717, 1.165) is 38.5 Å². The molecule has 9 nitrogen and oxygen atoms in total. The number of unbranched alkanes of at least 4 members (excludes halogenated alkanes) is 5. The molecule has 1 aromatic rings. The molecule has 34 heavy (non-hydrogen) atoms. The molecule has 0 spiro atoms. The molecule has 0 aliphatic carbocycles. The number of carbonyl (C=O) groups is 5. The van der Waals surface area contributed by atoms with Crippen molar-refractivity contribution in [3.05, 3.63) is 41.5 Å². The van der Waals surface area contributed by atoms with Gasteiger partial charge in [-0.2, -0.15) is 0 Å². The molecule has 3 rings (SSSR count). The van der Waals surface area contributed by atoms with Crippen LogP contribution in [0, 0.1) is 0 Å². The van der Waals surface area contributed by atoms with E-state index in [1.807, 2.05) is 6.08 Å². The maximum atomic E-state index is 12.9. The first-order valence-corrected chi connectivity index (χ1v) is 11.7. The van der Waals surface area contributed by atoms with Crippen molar-refractivity contribution >= 4 is 35.3 Å². The van der Waals surface area contributed by atoms with Gasteiger partial charge in [0.25, 0.3) is 5.91 Å². The number of piperidine rings is 1. The summed E-state index contributed by atoms with van der Waals surface area (Å²) in [4.78, 5) is 61.0. The molecule has 1 saturated heterocycles. The molecule has 0 saturated carbocycles. The number of carbonyl (C=O) groups excluding carboxylic acids is 5. The van der Waals surface area contributed by atoms with Crippen molar-refractivity contribution in [2.75, 3.05) is 11.9 Å². The number of anilines is 1. The average Bonchev–Trinajstić information content (AvgIpc) is 3.12. The number of nitrogens with zero attached hydrogens (tertiary/aromatic N) is 1. The quantitative estimate of drug-likeness (QED) is 0.222. The lowest BCUT2D eigenvalue weighted by molar-refractivity contribution is -0.141. The number of hydrogen-bond donors (Lipinski definition) is 2. The molecular weight excluding hydrogens is 438 g/mol. The van der Waals surface area contributed by atoms with Gasteiger partial charge in [-0.05, 0) is 43.9 Å². The molecule has 1 aromatic carbocycles. The minimum atomic E-state index is -0.692. The highest BCUT2D eigenvalue weighted by molar-refractivity contribution is 6.07. The number of amides is 4. The zero-order chi connectivity index (χ0) is 24.5. The second kappa shape index (κ2) is 12.1. The van der Waals surface area contributed by atoms with Gasteiger partial charge in [0.1, 0.15) is 6.04 Å². The van der Waals surface area contributed by atoms with Crippen molar-refractivity contribution in [3.8, 4) is 0 Å². The Kier molecular flexibility index (Phi) is 8.95. The van der Waals surface area contributed by atoms with E-state index in [1.165, 1.54) is 17.9 Å². The van der Waals surface area contributed by atoms with Crippen LogP contribution in [-0.2, 0) is 30.5 Å². The summed E-state index contributed by atoms with van der Waals surface area (Å²) >= 11 is 0. The van der Waals surface area contributed by atoms with Gasteiger partial charge in [-0.3, -0.25) is 29.3 Å². The van der Waals surface area contributed by atoms with Gasteiger partial charge in [-0.25, -0.2) is 0 Å². The smallest absolute Gasteiger partial charge is 0.302 e. The number of esters is 1. The molecule has 2 aliphatic rings. The van der Waals surface area contributed by atoms with Gasteiger partial charge in [0.15, 0.2) is 0 Å². The van der Waals surface area contributed by atoms with E-state index in [-0.39, 0.29) is 36.7 Å². The van der Waals surface area contributed by atoms with E-state index in [9.17, 15) is 24.0 Å². The Morgan fingerprint density at radius 3 is 2.68 bits per heavy atom. The summed E-state index contributed by atoms with van der Waals surface area (Å²) in [5, 5.41) is 5.12. The van der Waals surface area contributed by atoms with Crippen LogP contribution in [0.4, 0.5) is 5.69 Å². The van der Waals surface area contributed by atoms with Crippen molar-refractivity contribution in [1.29, 1.82) is 0 Å². The van der Waals surface area contributed by atoms with Crippen LogP contribution in [0.5, 0.6) is 0 Å². The zero-order valence-electron chi connectivity index (χ0n) is 19.4. The lowest BCUT2D eigenvalue weighted by Gasteiger charge is -2.29. The summed E-state index contributed by atoms with van der Waals surface area (Å²) < 4.78 is 4.90. The van der Waals surface area contributed by atoms with E-state index in [1.54, 1.807) is 18.2 Å². The Balaban J connectivity index is 1.45. The molecule has 4 amide bonds. The average molecular weight is 470 g/mol. The summed E-state index contributed by atoms with van der Waals surface area (Å²) in [7, 11) is 0. The van der Waals surface area contributed by atoms with E-state index in [2.05, 4.69) is 10.6 Å². The molecule has 0 bridgehead atoms. The van der Waals surface area contributed by atoms with Crippen LogP contribution in [0.15, 0.2) is 30.4 Å². The standard InChI is InChI=1S/C25H31N3O6/c1-17(29)34-15-8-6-4-2-3-5-7-12-22(30)26-20-11-9-10-18-19(20)16-28(25(18)33)21-13-14-23(31)27-24(21)32/h7,9-12,21H,2-6,8,13-16H2,1H3,(H,26,30)(H,27,31,32). The number of rotatable bonds is 11. The minimum Gasteiger partial charge on any atom is -0.466 e. The molecule has 9 heteroatoms. The number of imide groups is 1. The fourth-order valence-corrected chi connectivity index (χ4v) is 4.18. The van der Waals surface area contributed by atoms with E-state index in [0.29, 0.717) is 29.8 Å². The van der Waals surface area contributed by atoms with Gasteiger partial charge >= 0.3 is 5.97 Å². The number of allylic oxidation sites excluding steroid dienone is 1. The third-order valence-corrected chi connectivity index (χ3v) is 5.93. The van der Waals surface area contributed by atoms with Crippen LogP contribution < -0.4 is 10.6 Å². The van der Waals surface area contributed by atoms with Crippen molar-refractivity contribution in [1.82, 2.24) is 10.2 Å². The van der Waals surface area contributed by atoms with Crippen LogP contribution in [0.2, 0.25) is 0 Å². The minimum absolute atomic E-state index is 0.194. The Morgan fingerprint density at radius 2 is 1.91 bits per heavy atom. The SMILES string of the molecule is CC(=O)OCCCCCCCC=CC(=O)Nc1cccc2c1CN(C1CCC(=O)NC1=O)C2=O.